The van der Waals surface area contributed by atoms with Crippen molar-refractivity contribution >= 4 is 11.8 Å². The first kappa shape index (κ1) is 34.5. The van der Waals surface area contributed by atoms with E-state index in [4.69, 9.17) is 9.47 Å². The number of hydrogen-bond donors (Lipinski definition) is 4. The largest absolute Gasteiger partial charge is 0.507 e. The molecule has 1 aromatic carbocycles. The van der Waals surface area contributed by atoms with Crippen molar-refractivity contribution in [1.82, 2.24) is 0 Å². The average Bonchev–Trinajstić information content (AvgIpc) is 3.31. The molecule has 0 bridgehead atoms. The molecule has 2 fully saturated rings. The van der Waals surface area contributed by atoms with Crippen LogP contribution in [0.3, 0.4) is 0 Å². The van der Waals surface area contributed by atoms with Crippen molar-refractivity contribution in [3.05, 3.63) is 28.8 Å². The van der Waals surface area contributed by atoms with Crippen LogP contribution in [0.15, 0.2) is 12.1 Å². The van der Waals surface area contributed by atoms with Crippen LogP contribution in [0.2, 0.25) is 0 Å². The zero-order chi connectivity index (χ0) is 31.6. The van der Waals surface area contributed by atoms with Crippen molar-refractivity contribution in [2.45, 2.75) is 142 Å². The first-order valence-corrected chi connectivity index (χ1v) is 16.0. The first-order chi connectivity index (χ1) is 19.7. The van der Waals surface area contributed by atoms with Crippen LogP contribution in [0, 0.1) is 30.6 Å². The van der Waals surface area contributed by atoms with Gasteiger partial charge in [-0.3, -0.25) is 4.79 Å². The Balaban J connectivity index is 1.69. The summed E-state index contributed by atoms with van der Waals surface area (Å²) in [5, 5.41) is 42.1. The molecule has 42 heavy (non-hydrogen) atoms. The zero-order valence-corrected chi connectivity index (χ0v) is 26.9. The number of aryl methyl sites for hydroxylation is 2. The molecular formula is C34H54O8. The standard InChI is InChI=1S/C34H54O8/c1-9-25(31-21(6)18-34(11-3,42-31)26-16-17-33(40,10-2)23(8)41-26)30(37)22(7)28(35)19(4)12-14-24-15-13-20(5)29(36)27(24)32(38)39/h13,15,19,21-23,25-26,28,31,35-36,40H,9-12,14,16-18H2,1-8H3,(H,38,39)/t19-,21+,22+,23+,25+,26-,28+,31?,33-,34+/m1/s1. The Kier molecular flexibility index (Phi) is 11.3. The molecule has 2 aliphatic rings. The van der Waals surface area contributed by atoms with Gasteiger partial charge in [-0.1, -0.05) is 53.7 Å². The summed E-state index contributed by atoms with van der Waals surface area (Å²) < 4.78 is 13.2. The maximum atomic E-state index is 13.9. The van der Waals surface area contributed by atoms with Crippen molar-refractivity contribution in [3.63, 3.8) is 0 Å². The lowest BCUT2D eigenvalue weighted by Crippen LogP contribution is -2.55. The van der Waals surface area contributed by atoms with Gasteiger partial charge in [0.05, 0.1) is 35.6 Å². The van der Waals surface area contributed by atoms with E-state index in [0.29, 0.717) is 49.7 Å². The third-order valence-electron chi connectivity index (χ3n) is 10.7. The fraction of sp³-hybridized carbons (Fsp3) is 0.765. The predicted octanol–water partition coefficient (Wildman–Crippen LogP) is 5.84. The highest BCUT2D eigenvalue weighted by molar-refractivity contribution is 5.93. The lowest BCUT2D eigenvalue weighted by molar-refractivity contribution is -0.229. The van der Waals surface area contributed by atoms with Crippen LogP contribution in [0.4, 0.5) is 0 Å². The maximum absolute atomic E-state index is 13.9. The molecule has 1 unspecified atom stereocenters. The number of ketones is 1. The van der Waals surface area contributed by atoms with Gasteiger partial charge >= 0.3 is 5.97 Å². The van der Waals surface area contributed by atoms with Gasteiger partial charge in [-0.25, -0.2) is 4.79 Å². The summed E-state index contributed by atoms with van der Waals surface area (Å²) in [4.78, 5) is 25.7. The van der Waals surface area contributed by atoms with Gasteiger partial charge in [0.1, 0.15) is 17.1 Å². The van der Waals surface area contributed by atoms with E-state index in [-0.39, 0.29) is 53.2 Å². The molecule has 0 aliphatic carbocycles. The number of aliphatic hydroxyl groups excluding tert-OH is 1. The molecule has 1 aromatic rings. The van der Waals surface area contributed by atoms with Gasteiger partial charge < -0.3 is 29.9 Å². The summed E-state index contributed by atoms with van der Waals surface area (Å²) in [6.45, 7) is 15.4. The number of aromatic hydroxyl groups is 1. The molecule has 238 valence electrons. The Morgan fingerprint density at radius 3 is 2.33 bits per heavy atom. The van der Waals surface area contributed by atoms with Crippen LogP contribution in [0.25, 0.3) is 0 Å². The number of benzene rings is 1. The van der Waals surface area contributed by atoms with E-state index in [1.54, 1.807) is 26.0 Å². The summed E-state index contributed by atoms with van der Waals surface area (Å²) in [6.07, 6.45) is 3.34. The van der Waals surface area contributed by atoms with Gasteiger partial charge in [0.25, 0.3) is 0 Å². The van der Waals surface area contributed by atoms with Crippen molar-refractivity contribution in [2.75, 3.05) is 0 Å². The number of carboxylic acids is 1. The van der Waals surface area contributed by atoms with Gasteiger partial charge in [0.2, 0.25) is 0 Å². The van der Waals surface area contributed by atoms with E-state index < -0.39 is 29.2 Å². The highest BCUT2D eigenvalue weighted by Crippen LogP contribution is 2.48. The molecular weight excluding hydrogens is 536 g/mol. The number of carbonyl (C=O) groups is 2. The molecule has 0 amide bonds. The Hall–Kier alpha value is -2.00. The highest BCUT2D eigenvalue weighted by atomic mass is 16.6. The Bertz CT molecular complexity index is 1100. The summed E-state index contributed by atoms with van der Waals surface area (Å²) in [5.41, 5.74) is -0.437. The minimum Gasteiger partial charge on any atom is -0.507 e. The number of phenols is 1. The molecule has 8 nitrogen and oxygen atoms in total. The van der Waals surface area contributed by atoms with Crippen molar-refractivity contribution in [3.8, 4) is 5.75 Å². The van der Waals surface area contributed by atoms with E-state index in [1.165, 1.54) is 0 Å². The lowest BCUT2D eigenvalue weighted by atomic mass is 9.76. The molecule has 0 spiro atoms. The third-order valence-corrected chi connectivity index (χ3v) is 10.7. The van der Waals surface area contributed by atoms with Crippen LogP contribution >= 0.6 is 0 Å². The summed E-state index contributed by atoms with van der Waals surface area (Å²) in [6, 6.07) is 3.40. The molecule has 10 atom stereocenters. The first-order valence-electron chi connectivity index (χ1n) is 16.0. The molecule has 3 rings (SSSR count). The SMILES string of the molecule is CC[C@@H](C(=O)[C@@H](C)[C@@H](O)[C@H](C)CCc1ccc(C)c(O)c1C(=O)O)C1O[C@](CC)([C@H]2CC[C@](O)(CC)[C@H](C)O2)C[C@@H]1C. The van der Waals surface area contributed by atoms with Crippen LogP contribution in [0.1, 0.15) is 115 Å². The van der Waals surface area contributed by atoms with E-state index >= 15 is 0 Å². The molecule has 2 aliphatic heterocycles. The van der Waals surface area contributed by atoms with E-state index in [2.05, 4.69) is 13.8 Å². The molecule has 4 N–H and O–H groups in total. The second kappa shape index (κ2) is 13.7. The van der Waals surface area contributed by atoms with Gasteiger partial charge in [-0.15, -0.1) is 0 Å². The van der Waals surface area contributed by atoms with Crippen LogP contribution in [-0.2, 0) is 20.7 Å². The smallest absolute Gasteiger partial charge is 0.339 e. The average molecular weight is 591 g/mol. The van der Waals surface area contributed by atoms with E-state index in [1.807, 2.05) is 27.7 Å². The molecule has 8 heteroatoms. The van der Waals surface area contributed by atoms with Crippen molar-refractivity contribution < 1.29 is 39.5 Å². The number of aliphatic hydroxyl groups is 2. The number of Topliss-reactive ketones (excluding diaryl/α,β-unsaturated/α-hetero) is 1. The number of carboxylic acid groups (broad SMARTS) is 1. The second-order valence-electron chi connectivity index (χ2n) is 13.2. The van der Waals surface area contributed by atoms with Crippen LogP contribution < -0.4 is 0 Å². The van der Waals surface area contributed by atoms with Gasteiger partial charge in [-0.2, -0.15) is 0 Å². The normalized spacial score (nSPS) is 32.7. The van der Waals surface area contributed by atoms with E-state index in [9.17, 15) is 30.0 Å². The molecule has 0 radical (unpaired) electrons. The molecule has 2 heterocycles. The number of hydrogen-bond acceptors (Lipinski definition) is 7. The molecule has 2 saturated heterocycles. The Morgan fingerprint density at radius 2 is 1.79 bits per heavy atom. The topological polar surface area (TPSA) is 134 Å². The lowest BCUT2D eigenvalue weighted by Gasteiger charge is -2.47. The number of carbonyl (C=O) groups excluding carboxylic acids is 1. The van der Waals surface area contributed by atoms with Crippen LogP contribution in [-0.4, -0.2) is 67.8 Å². The summed E-state index contributed by atoms with van der Waals surface area (Å²) >= 11 is 0. The Labute approximate surface area is 251 Å². The second-order valence-corrected chi connectivity index (χ2v) is 13.2. The minimum absolute atomic E-state index is 0.0157. The Morgan fingerprint density at radius 1 is 1.12 bits per heavy atom. The summed E-state index contributed by atoms with van der Waals surface area (Å²) in [5.74, 6) is -2.55. The highest BCUT2D eigenvalue weighted by Gasteiger charge is 2.55. The monoisotopic (exact) mass is 590 g/mol. The van der Waals surface area contributed by atoms with E-state index in [0.717, 1.165) is 12.8 Å². The van der Waals surface area contributed by atoms with Gasteiger partial charge in [0, 0.05) is 11.8 Å². The van der Waals surface area contributed by atoms with Gasteiger partial charge in [-0.05, 0) is 88.2 Å². The molecule has 0 aromatic heterocycles. The molecule has 0 saturated carbocycles. The fourth-order valence-corrected chi connectivity index (χ4v) is 7.45. The van der Waals surface area contributed by atoms with Crippen LogP contribution in [0.5, 0.6) is 5.75 Å². The third kappa shape index (κ3) is 6.72. The summed E-state index contributed by atoms with van der Waals surface area (Å²) in [7, 11) is 0. The quantitative estimate of drug-likeness (QED) is 0.225. The number of rotatable bonds is 13. The predicted molar refractivity (Wildman–Crippen MR) is 162 cm³/mol. The van der Waals surface area contributed by atoms with Crippen molar-refractivity contribution in [1.29, 1.82) is 0 Å². The van der Waals surface area contributed by atoms with Crippen molar-refractivity contribution in [2.24, 2.45) is 23.7 Å². The fourth-order valence-electron chi connectivity index (χ4n) is 7.45. The number of ether oxygens (including phenoxy) is 2. The van der Waals surface area contributed by atoms with Gasteiger partial charge in [0.15, 0.2) is 0 Å². The zero-order valence-electron chi connectivity index (χ0n) is 26.9. The maximum Gasteiger partial charge on any atom is 0.339 e. The number of aromatic carboxylic acids is 1. The minimum atomic E-state index is -1.18.